The van der Waals surface area contributed by atoms with E-state index in [-0.39, 0.29) is 12.4 Å². The monoisotopic (exact) mass is 464 g/mol. The number of benzene rings is 1. The number of ether oxygens (including phenoxy) is 1. The number of halogens is 2. The van der Waals surface area contributed by atoms with Gasteiger partial charge in [-0.2, -0.15) is 5.10 Å². The molecule has 0 spiro atoms. The van der Waals surface area contributed by atoms with Crippen LogP contribution in [-0.2, 0) is 16.9 Å². The fraction of sp³-hybridized carbons (Fsp3) is 0.263. The largest absolute Gasteiger partial charge is 0.364 e. The summed E-state index contributed by atoms with van der Waals surface area (Å²) in [6, 6.07) is 6.38. The number of thiazole rings is 1. The SMILES string of the molecule is COC(C)(c1nc(C)cs1)c1nnc(Nc2ccn(Cc3c(F)cccc3Cl)n2)s1. The van der Waals surface area contributed by atoms with Gasteiger partial charge in [0.15, 0.2) is 16.4 Å². The second-order valence-corrected chi connectivity index (χ2v) is 8.91. The highest BCUT2D eigenvalue weighted by molar-refractivity contribution is 7.15. The Morgan fingerprint density at radius 2 is 2.10 bits per heavy atom. The average molecular weight is 465 g/mol. The number of aryl methyl sites for hydroxylation is 1. The van der Waals surface area contributed by atoms with E-state index in [1.165, 1.54) is 28.7 Å². The third-order valence-corrected chi connectivity index (χ3v) is 7.08. The van der Waals surface area contributed by atoms with E-state index in [0.717, 1.165) is 10.7 Å². The normalized spacial score (nSPS) is 13.4. The van der Waals surface area contributed by atoms with Crippen molar-refractivity contribution in [1.82, 2.24) is 25.0 Å². The Morgan fingerprint density at radius 1 is 1.27 bits per heavy atom. The van der Waals surface area contributed by atoms with Gasteiger partial charge < -0.3 is 10.1 Å². The van der Waals surface area contributed by atoms with Crippen LogP contribution in [-0.4, -0.2) is 32.1 Å². The maximum Gasteiger partial charge on any atom is 0.211 e. The minimum Gasteiger partial charge on any atom is -0.364 e. The summed E-state index contributed by atoms with van der Waals surface area (Å²) in [4.78, 5) is 4.54. The van der Waals surface area contributed by atoms with E-state index in [2.05, 4.69) is 25.6 Å². The molecule has 3 aromatic heterocycles. The number of aromatic nitrogens is 5. The molecule has 0 aliphatic rings. The third-order valence-electron chi connectivity index (χ3n) is 4.53. The molecule has 0 bridgehead atoms. The Hall–Kier alpha value is -2.40. The lowest BCUT2D eigenvalue weighted by atomic mass is 10.1. The van der Waals surface area contributed by atoms with Crippen LogP contribution in [0.5, 0.6) is 0 Å². The van der Waals surface area contributed by atoms with Crippen molar-refractivity contribution >= 4 is 45.2 Å². The molecule has 7 nitrogen and oxygen atoms in total. The minimum absolute atomic E-state index is 0.222. The topological polar surface area (TPSA) is 77.8 Å². The summed E-state index contributed by atoms with van der Waals surface area (Å²) in [6.45, 7) is 4.08. The molecule has 1 N–H and O–H groups in total. The van der Waals surface area contributed by atoms with Gasteiger partial charge in [-0.1, -0.05) is 29.0 Å². The molecule has 1 atom stereocenters. The molecule has 1 aromatic carbocycles. The van der Waals surface area contributed by atoms with Crippen LogP contribution < -0.4 is 5.32 Å². The Bertz CT molecular complexity index is 1160. The lowest BCUT2D eigenvalue weighted by molar-refractivity contribution is 0.0380. The second kappa shape index (κ2) is 8.38. The van der Waals surface area contributed by atoms with Gasteiger partial charge in [-0.05, 0) is 26.0 Å². The van der Waals surface area contributed by atoms with Gasteiger partial charge in [-0.25, -0.2) is 9.37 Å². The predicted octanol–water partition coefficient (Wildman–Crippen LogP) is 4.99. The number of nitrogens with zero attached hydrogens (tertiary/aromatic N) is 5. The molecule has 4 rings (SSSR count). The van der Waals surface area contributed by atoms with Crippen molar-refractivity contribution in [3.05, 3.63) is 68.0 Å². The first kappa shape index (κ1) is 20.9. The van der Waals surface area contributed by atoms with Crippen molar-refractivity contribution in [2.24, 2.45) is 0 Å². The molecule has 156 valence electrons. The Balaban J connectivity index is 1.51. The molecule has 0 saturated carbocycles. The quantitative estimate of drug-likeness (QED) is 0.415. The minimum atomic E-state index is -0.780. The van der Waals surface area contributed by atoms with Gasteiger partial charge in [-0.3, -0.25) is 4.68 Å². The van der Waals surface area contributed by atoms with E-state index in [4.69, 9.17) is 16.3 Å². The Morgan fingerprint density at radius 3 is 2.80 bits per heavy atom. The highest BCUT2D eigenvalue weighted by Crippen LogP contribution is 2.37. The summed E-state index contributed by atoms with van der Waals surface area (Å²) in [7, 11) is 1.63. The molecule has 0 radical (unpaired) electrons. The Labute approximate surface area is 185 Å². The van der Waals surface area contributed by atoms with E-state index in [0.29, 0.717) is 26.5 Å². The molecule has 0 fully saturated rings. The maximum absolute atomic E-state index is 14.0. The fourth-order valence-corrected chi connectivity index (χ4v) is 4.88. The molecule has 4 aromatic rings. The predicted molar refractivity (Wildman–Crippen MR) is 116 cm³/mol. The number of hydrogen-bond acceptors (Lipinski definition) is 8. The van der Waals surface area contributed by atoms with E-state index < -0.39 is 5.60 Å². The molecule has 0 aliphatic heterocycles. The first-order valence-electron chi connectivity index (χ1n) is 8.94. The maximum atomic E-state index is 14.0. The number of nitrogens with one attached hydrogen (secondary N) is 1. The van der Waals surface area contributed by atoms with Crippen molar-refractivity contribution in [2.45, 2.75) is 26.0 Å². The smallest absolute Gasteiger partial charge is 0.211 e. The van der Waals surface area contributed by atoms with Crippen LogP contribution in [0.1, 0.15) is 28.2 Å². The van der Waals surface area contributed by atoms with Gasteiger partial charge in [0, 0.05) is 41.0 Å². The van der Waals surface area contributed by atoms with Crippen LogP contribution in [0.3, 0.4) is 0 Å². The van der Waals surface area contributed by atoms with Gasteiger partial charge in [0.1, 0.15) is 10.8 Å². The average Bonchev–Trinajstić information content (AvgIpc) is 3.47. The second-order valence-electron chi connectivity index (χ2n) is 6.67. The van der Waals surface area contributed by atoms with Crippen LogP contribution >= 0.6 is 34.3 Å². The van der Waals surface area contributed by atoms with Crippen LogP contribution in [0.15, 0.2) is 35.8 Å². The van der Waals surface area contributed by atoms with E-state index in [1.807, 2.05) is 19.2 Å². The summed E-state index contributed by atoms with van der Waals surface area (Å²) in [5.74, 6) is 0.201. The van der Waals surface area contributed by atoms with Crippen molar-refractivity contribution in [2.75, 3.05) is 12.4 Å². The van der Waals surface area contributed by atoms with Crippen LogP contribution in [0.25, 0.3) is 0 Å². The van der Waals surface area contributed by atoms with E-state index >= 15 is 0 Å². The molecule has 11 heteroatoms. The zero-order valence-electron chi connectivity index (χ0n) is 16.4. The molecule has 1 unspecified atom stereocenters. The fourth-order valence-electron chi connectivity index (χ4n) is 2.78. The first-order chi connectivity index (χ1) is 14.4. The molecular formula is C19H18ClFN6OS2. The summed E-state index contributed by atoms with van der Waals surface area (Å²) in [6.07, 6.45) is 1.74. The summed E-state index contributed by atoms with van der Waals surface area (Å²) in [5.41, 5.74) is 0.542. The van der Waals surface area contributed by atoms with Crippen LogP contribution in [0, 0.1) is 12.7 Å². The Kier molecular flexibility index (Phi) is 5.83. The van der Waals surface area contributed by atoms with Gasteiger partial charge in [0.2, 0.25) is 5.13 Å². The molecule has 0 saturated heterocycles. The molecule has 3 heterocycles. The molecule has 0 amide bonds. The summed E-state index contributed by atoms with van der Waals surface area (Å²) < 4.78 is 21.3. The molecule has 0 aliphatic carbocycles. The van der Waals surface area contributed by atoms with Crippen molar-refractivity contribution in [3.8, 4) is 0 Å². The van der Waals surface area contributed by atoms with Gasteiger partial charge in [0.05, 0.1) is 6.54 Å². The van der Waals surface area contributed by atoms with Gasteiger partial charge in [-0.15, -0.1) is 21.5 Å². The standard InChI is InChI=1S/C19H18ClFN6OS2/c1-11-10-29-16(22-11)19(2,28-3)17-24-25-18(30-17)23-15-7-8-27(26-15)9-12-13(20)5-4-6-14(12)21/h4-8,10H,9H2,1-3H3,(H,23,25,26). The van der Waals surface area contributed by atoms with Gasteiger partial charge in [0.25, 0.3) is 0 Å². The van der Waals surface area contributed by atoms with E-state index in [9.17, 15) is 4.39 Å². The molecular weight excluding hydrogens is 447 g/mol. The highest BCUT2D eigenvalue weighted by Gasteiger charge is 2.36. The molecule has 30 heavy (non-hydrogen) atoms. The summed E-state index contributed by atoms with van der Waals surface area (Å²) in [5, 5.41) is 20.4. The number of hydrogen-bond donors (Lipinski definition) is 1. The van der Waals surface area contributed by atoms with Crippen LogP contribution in [0.2, 0.25) is 5.02 Å². The van der Waals surface area contributed by atoms with Crippen molar-refractivity contribution < 1.29 is 9.13 Å². The van der Waals surface area contributed by atoms with E-state index in [1.54, 1.807) is 36.2 Å². The highest BCUT2D eigenvalue weighted by atomic mass is 35.5. The van der Waals surface area contributed by atoms with Crippen molar-refractivity contribution in [3.63, 3.8) is 0 Å². The summed E-state index contributed by atoms with van der Waals surface area (Å²) >= 11 is 8.98. The lowest BCUT2D eigenvalue weighted by Gasteiger charge is -2.22. The number of anilines is 2. The number of methoxy groups -OCH3 is 1. The number of rotatable bonds is 7. The zero-order valence-corrected chi connectivity index (χ0v) is 18.8. The first-order valence-corrected chi connectivity index (χ1v) is 11.0. The lowest BCUT2D eigenvalue weighted by Crippen LogP contribution is -2.25. The van der Waals surface area contributed by atoms with Crippen LogP contribution in [0.4, 0.5) is 15.3 Å². The zero-order chi connectivity index (χ0) is 21.3. The van der Waals surface area contributed by atoms with Gasteiger partial charge >= 0.3 is 0 Å². The van der Waals surface area contributed by atoms with Crippen molar-refractivity contribution in [1.29, 1.82) is 0 Å². The third kappa shape index (κ3) is 4.08.